The Kier molecular flexibility index (Phi) is 7.23. The van der Waals surface area contributed by atoms with Crippen LogP contribution in [0.4, 0.5) is 0 Å². The van der Waals surface area contributed by atoms with E-state index in [-0.39, 0.29) is 0 Å². The first-order valence-corrected chi connectivity index (χ1v) is 13.4. The second-order valence-corrected chi connectivity index (χ2v) is 12.9. The van der Waals surface area contributed by atoms with E-state index in [4.69, 9.17) is 4.74 Å². The summed E-state index contributed by atoms with van der Waals surface area (Å²) < 4.78 is 7.15. The van der Waals surface area contributed by atoms with Crippen molar-refractivity contribution in [2.45, 2.75) is 44.6 Å². The molecule has 3 aromatic rings. The van der Waals surface area contributed by atoms with Crippen molar-refractivity contribution < 1.29 is 9.84 Å². The van der Waals surface area contributed by atoms with Gasteiger partial charge in [-0.25, -0.2) is 0 Å². The Hall–Kier alpha value is -2.70. The Bertz CT molecular complexity index is 952. The summed E-state index contributed by atoms with van der Waals surface area (Å²) in [4.78, 5) is 0. The summed E-state index contributed by atoms with van der Waals surface area (Å²) >= 11 is 0. The summed E-state index contributed by atoms with van der Waals surface area (Å²) in [5, 5.41) is 20.4. The van der Waals surface area contributed by atoms with Crippen LogP contribution in [0.1, 0.15) is 30.7 Å². The molecule has 0 saturated carbocycles. The molecule has 0 bridgehead atoms. The summed E-state index contributed by atoms with van der Waals surface area (Å²) in [5.74, 6) is 0.887. The Balaban J connectivity index is 1.71. The predicted octanol–water partition coefficient (Wildman–Crippen LogP) is 4.32. The maximum Gasteiger partial charge on any atom is 0.124 e. The maximum atomic E-state index is 10.6. The molecule has 5 nitrogen and oxygen atoms in total. The van der Waals surface area contributed by atoms with Gasteiger partial charge in [-0.1, -0.05) is 78.1 Å². The molecule has 1 N–H and O–H groups in total. The predicted molar refractivity (Wildman–Crippen MR) is 124 cm³/mol. The molecule has 30 heavy (non-hydrogen) atoms. The molecule has 0 fully saturated rings. The zero-order valence-electron chi connectivity index (χ0n) is 18.2. The van der Waals surface area contributed by atoms with E-state index in [0.717, 1.165) is 24.3 Å². The van der Waals surface area contributed by atoms with Crippen molar-refractivity contribution in [3.05, 3.63) is 84.2 Å². The van der Waals surface area contributed by atoms with Crippen molar-refractivity contribution in [2.24, 2.45) is 0 Å². The van der Waals surface area contributed by atoms with Crippen LogP contribution in [0.2, 0.25) is 18.6 Å². The lowest BCUT2D eigenvalue weighted by Gasteiger charge is -2.31. The molecule has 3 rings (SSSR count). The third kappa shape index (κ3) is 5.07. The number of aliphatic hydroxyl groups is 1. The van der Waals surface area contributed by atoms with E-state index in [2.05, 4.69) is 54.6 Å². The van der Waals surface area contributed by atoms with E-state index < -0.39 is 14.2 Å². The Morgan fingerprint density at radius 1 is 1.10 bits per heavy atom. The van der Waals surface area contributed by atoms with E-state index in [9.17, 15) is 5.11 Å². The summed E-state index contributed by atoms with van der Waals surface area (Å²) in [6.07, 6.45) is 6.55. The summed E-state index contributed by atoms with van der Waals surface area (Å²) in [6, 6.07) is 18.0. The zero-order chi connectivity index (χ0) is 21.6. The molecular formula is C24H31N3O2Si. The SMILES string of the molecule is C/C=C/[C@H](CCn1cc([C@H](O)c2ccccc2)nn1)[Si](C)(C)c1ccc(OC)cc1. The molecule has 2 aromatic carbocycles. The number of aryl methyl sites for hydroxylation is 1. The standard InChI is InChI=1S/C24H31N3O2Si/c1-5-9-21(30(3,4)22-14-12-20(29-2)13-15-22)16-17-27-18-23(25-26-27)24(28)19-10-7-6-8-11-19/h5-15,18,21,24,28H,16-17H2,1-4H3/b9-5+/t21-,24-/m1/s1. The van der Waals surface area contributed by atoms with Gasteiger partial charge in [0.15, 0.2) is 0 Å². The van der Waals surface area contributed by atoms with E-state index in [1.165, 1.54) is 5.19 Å². The number of methoxy groups -OCH3 is 1. The van der Waals surface area contributed by atoms with Gasteiger partial charge in [-0.2, -0.15) is 0 Å². The van der Waals surface area contributed by atoms with Crippen molar-refractivity contribution in [1.29, 1.82) is 0 Å². The van der Waals surface area contributed by atoms with E-state index in [1.807, 2.05) is 53.3 Å². The minimum absolute atomic E-state index is 0.461. The number of aromatic nitrogens is 3. The first-order chi connectivity index (χ1) is 14.5. The molecule has 1 aromatic heterocycles. The van der Waals surface area contributed by atoms with E-state index in [0.29, 0.717) is 11.2 Å². The lowest BCUT2D eigenvalue weighted by atomic mass is 10.1. The molecule has 0 saturated heterocycles. The van der Waals surface area contributed by atoms with Crippen LogP contribution in [0, 0.1) is 0 Å². The number of aliphatic hydroxyl groups excluding tert-OH is 1. The lowest BCUT2D eigenvalue weighted by Crippen LogP contribution is -2.45. The lowest BCUT2D eigenvalue weighted by molar-refractivity contribution is 0.215. The van der Waals surface area contributed by atoms with Gasteiger partial charge >= 0.3 is 0 Å². The van der Waals surface area contributed by atoms with E-state index in [1.54, 1.807) is 7.11 Å². The van der Waals surface area contributed by atoms with Crippen LogP contribution in [-0.2, 0) is 6.54 Å². The van der Waals surface area contributed by atoms with Gasteiger partial charge in [0.2, 0.25) is 0 Å². The smallest absolute Gasteiger partial charge is 0.124 e. The monoisotopic (exact) mass is 421 g/mol. The molecule has 1 heterocycles. The van der Waals surface area contributed by atoms with Crippen molar-refractivity contribution in [3.63, 3.8) is 0 Å². The highest BCUT2D eigenvalue weighted by molar-refractivity contribution is 6.91. The van der Waals surface area contributed by atoms with Gasteiger partial charge < -0.3 is 9.84 Å². The second-order valence-electron chi connectivity index (χ2n) is 8.09. The average Bonchev–Trinajstić information content (AvgIpc) is 3.25. The number of ether oxygens (including phenoxy) is 1. The van der Waals surface area contributed by atoms with Crippen LogP contribution >= 0.6 is 0 Å². The molecule has 2 atom stereocenters. The van der Waals surface area contributed by atoms with E-state index >= 15 is 0 Å². The number of nitrogens with zero attached hydrogens (tertiary/aromatic N) is 3. The average molecular weight is 422 g/mol. The summed E-state index contributed by atoms with van der Waals surface area (Å²) in [5.41, 5.74) is 1.86. The number of hydrogen-bond donors (Lipinski definition) is 1. The number of allylic oxidation sites excluding steroid dienone is 2. The molecule has 0 aliphatic carbocycles. The van der Waals surface area contributed by atoms with Crippen molar-refractivity contribution in [3.8, 4) is 5.75 Å². The zero-order valence-corrected chi connectivity index (χ0v) is 19.2. The molecular weight excluding hydrogens is 390 g/mol. The molecule has 0 amide bonds. The molecule has 0 aliphatic heterocycles. The number of benzene rings is 2. The molecule has 158 valence electrons. The van der Waals surface area contributed by atoms with Crippen molar-refractivity contribution in [2.75, 3.05) is 7.11 Å². The molecule has 0 radical (unpaired) electrons. The van der Waals surface area contributed by atoms with Crippen LogP contribution < -0.4 is 9.92 Å². The number of hydrogen-bond acceptors (Lipinski definition) is 4. The van der Waals surface area contributed by atoms with Crippen LogP contribution in [-0.4, -0.2) is 35.3 Å². The fourth-order valence-electron chi connectivity index (χ4n) is 3.79. The topological polar surface area (TPSA) is 60.2 Å². The van der Waals surface area contributed by atoms with Crippen LogP contribution in [0.25, 0.3) is 0 Å². The molecule has 6 heteroatoms. The maximum absolute atomic E-state index is 10.6. The van der Waals surface area contributed by atoms with Crippen LogP contribution in [0.5, 0.6) is 5.75 Å². The van der Waals surface area contributed by atoms with Gasteiger partial charge in [0.05, 0.1) is 21.4 Å². The van der Waals surface area contributed by atoms with Crippen molar-refractivity contribution >= 4 is 13.3 Å². The van der Waals surface area contributed by atoms with Gasteiger partial charge in [0.25, 0.3) is 0 Å². The highest BCUT2D eigenvalue weighted by Gasteiger charge is 2.32. The van der Waals surface area contributed by atoms with Crippen LogP contribution in [0.15, 0.2) is 72.9 Å². The minimum atomic E-state index is -1.74. The first-order valence-electron chi connectivity index (χ1n) is 10.4. The summed E-state index contributed by atoms with van der Waals surface area (Å²) in [6.45, 7) is 7.65. The van der Waals surface area contributed by atoms with Crippen molar-refractivity contribution in [1.82, 2.24) is 15.0 Å². The Labute approximate surface area is 180 Å². The first kappa shape index (κ1) is 22.0. The minimum Gasteiger partial charge on any atom is -0.497 e. The molecule has 0 aliphatic rings. The fraction of sp³-hybridized carbons (Fsp3) is 0.333. The van der Waals surface area contributed by atoms with Gasteiger partial charge in [-0.15, -0.1) is 5.10 Å². The third-order valence-corrected chi connectivity index (χ3v) is 9.96. The Morgan fingerprint density at radius 2 is 1.80 bits per heavy atom. The van der Waals surface area contributed by atoms with Crippen LogP contribution in [0.3, 0.4) is 0 Å². The largest absolute Gasteiger partial charge is 0.497 e. The fourth-order valence-corrected chi connectivity index (χ4v) is 6.77. The Morgan fingerprint density at radius 3 is 2.43 bits per heavy atom. The van der Waals surface area contributed by atoms with Gasteiger partial charge in [-0.3, -0.25) is 4.68 Å². The molecule has 0 unspecified atom stereocenters. The second kappa shape index (κ2) is 9.87. The quantitative estimate of drug-likeness (QED) is 0.413. The summed E-state index contributed by atoms with van der Waals surface area (Å²) in [7, 11) is -0.0446. The third-order valence-electron chi connectivity index (χ3n) is 5.81. The number of rotatable bonds is 9. The normalized spacial score (nSPS) is 14.0. The van der Waals surface area contributed by atoms with Gasteiger partial charge in [0.1, 0.15) is 17.5 Å². The van der Waals surface area contributed by atoms with Gasteiger partial charge in [0, 0.05) is 6.54 Å². The highest BCUT2D eigenvalue weighted by Crippen LogP contribution is 2.29. The van der Waals surface area contributed by atoms with Gasteiger partial charge in [-0.05, 0) is 36.6 Å². The highest BCUT2D eigenvalue weighted by atomic mass is 28.3. The molecule has 0 spiro atoms.